The van der Waals surface area contributed by atoms with Crippen molar-refractivity contribution < 1.29 is 41.9 Å². The Morgan fingerprint density at radius 2 is 1.80 bits per heavy atom. The molecule has 302 valence electrons. The number of nitrogens with zero attached hydrogens (tertiary/aromatic N) is 2. The lowest BCUT2D eigenvalue weighted by Crippen LogP contribution is -2.63. The standard InChI is InChI=1S/C40H57N5O9S/c1-8-18-40(19-9-2,35(48)43-55(51,52)29-16-17-29)42-33(46)31-21-28-23-45(31)34(47)32(38(3,4)5)41-36(49)53-25-39(6,7)20-11-10-13-26-14-12-15-27-22-44(24-30(26)27)37(50)54-28/h1,12,14-15,28-29,31-32H,9-11,13,16-25H2,2-7H3,(H,41,49)(H,42,46)(H,43,48). The van der Waals surface area contributed by atoms with Crippen LogP contribution in [-0.2, 0) is 53.4 Å². The molecule has 1 aliphatic carbocycles. The van der Waals surface area contributed by atoms with Gasteiger partial charge in [-0.2, -0.15) is 0 Å². The number of aryl methyl sites for hydroxylation is 1. The van der Waals surface area contributed by atoms with Crippen molar-refractivity contribution in [2.45, 2.75) is 148 Å². The highest BCUT2D eigenvalue weighted by molar-refractivity contribution is 7.91. The number of rotatable bonds is 8. The van der Waals surface area contributed by atoms with Gasteiger partial charge in [0.15, 0.2) is 0 Å². The maximum absolute atomic E-state index is 14.6. The molecule has 0 spiro atoms. The van der Waals surface area contributed by atoms with Gasteiger partial charge in [0.05, 0.1) is 18.4 Å². The van der Waals surface area contributed by atoms with Crippen molar-refractivity contribution in [1.29, 1.82) is 0 Å². The van der Waals surface area contributed by atoms with E-state index in [2.05, 4.69) is 27.3 Å². The number of nitrogens with one attached hydrogen (secondary N) is 3. The van der Waals surface area contributed by atoms with Gasteiger partial charge < -0.3 is 25.0 Å². The van der Waals surface area contributed by atoms with Crippen LogP contribution in [0.1, 0.15) is 116 Å². The summed E-state index contributed by atoms with van der Waals surface area (Å²) in [5.41, 5.74) is 0.281. The highest BCUT2D eigenvalue weighted by Crippen LogP contribution is 2.33. The number of benzene rings is 1. The minimum absolute atomic E-state index is 0.0138. The van der Waals surface area contributed by atoms with Gasteiger partial charge in [0.2, 0.25) is 21.8 Å². The molecule has 5 rings (SSSR count). The van der Waals surface area contributed by atoms with Crippen LogP contribution in [0.5, 0.6) is 0 Å². The lowest BCUT2D eigenvalue weighted by Gasteiger charge is -2.37. The smallest absolute Gasteiger partial charge is 0.410 e. The predicted molar refractivity (Wildman–Crippen MR) is 204 cm³/mol. The summed E-state index contributed by atoms with van der Waals surface area (Å²) in [5, 5.41) is 4.79. The molecule has 5 amide bonds. The van der Waals surface area contributed by atoms with Crippen molar-refractivity contribution in [3.8, 4) is 12.3 Å². The van der Waals surface area contributed by atoms with Gasteiger partial charge in [-0.05, 0) is 66.0 Å². The first kappa shape index (κ1) is 41.8. The molecular formula is C40H57N5O9S. The summed E-state index contributed by atoms with van der Waals surface area (Å²) in [6.45, 7) is 11.8. The van der Waals surface area contributed by atoms with Crippen molar-refractivity contribution in [3.63, 3.8) is 0 Å². The molecule has 0 radical (unpaired) electrons. The summed E-state index contributed by atoms with van der Waals surface area (Å²) in [5.74, 6) is 0.0728. The summed E-state index contributed by atoms with van der Waals surface area (Å²) in [4.78, 5) is 72.7. The third-order valence-corrected chi connectivity index (χ3v) is 12.9. The van der Waals surface area contributed by atoms with Crippen LogP contribution in [0.2, 0.25) is 0 Å². The second-order valence-electron chi connectivity index (χ2n) is 17.4. The Kier molecular flexibility index (Phi) is 12.5. The molecule has 4 unspecified atom stereocenters. The van der Waals surface area contributed by atoms with Crippen molar-refractivity contribution in [2.24, 2.45) is 10.8 Å². The zero-order chi connectivity index (χ0) is 40.3. The van der Waals surface area contributed by atoms with E-state index in [0.717, 1.165) is 42.4 Å². The maximum Gasteiger partial charge on any atom is 0.410 e. The fourth-order valence-corrected chi connectivity index (χ4v) is 9.10. The molecular weight excluding hydrogens is 727 g/mol. The number of terminal acetylenes is 1. The molecule has 2 fully saturated rings. The van der Waals surface area contributed by atoms with Crippen molar-refractivity contribution in [3.05, 3.63) is 34.9 Å². The molecule has 1 aromatic rings. The van der Waals surface area contributed by atoms with E-state index in [-0.39, 0.29) is 37.8 Å². The molecule has 0 aromatic heterocycles. The first-order valence-electron chi connectivity index (χ1n) is 19.4. The zero-order valence-corrected chi connectivity index (χ0v) is 33.8. The molecule has 3 heterocycles. The number of alkyl carbamates (subject to hydrolysis) is 1. The first-order valence-corrected chi connectivity index (χ1v) is 20.9. The van der Waals surface area contributed by atoms with Crippen molar-refractivity contribution in [2.75, 3.05) is 13.2 Å². The predicted octanol–water partition coefficient (Wildman–Crippen LogP) is 4.29. The van der Waals surface area contributed by atoms with E-state index in [1.54, 1.807) is 32.6 Å². The average Bonchev–Trinajstić information content (AvgIpc) is 3.75. The monoisotopic (exact) mass is 783 g/mol. The molecule has 1 saturated carbocycles. The Balaban J connectivity index is 1.47. The van der Waals surface area contributed by atoms with Gasteiger partial charge in [-0.25, -0.2) is 18.0 Å². The van der Waals surface area contributed by atoms with Gasteiger partial charge in [0.1, 0.15) is 23.7 Å². The third kappa shape index (κ3) is 9.92. The van der Waals surface area contributed by atoms with Crippen LogP contribution in [0.25, 0.3) is 0 Å². The van der Waals surface area contributed by atoms with E-state index in [1.807, 2.05) is 26.0 Å². The number of cyclic esters (lactones) is 1. The Morgan fingerprint density at radius 1 is 1.09 bits per heavy atom. The Labute approximate surface area is 325 Å². The third-order valence-electron chi connectivity index (χ3n) is 11.0. The number of hydrogen-bond donors (Lipinski definition) is 3. The second kappa shape index (κ2) is 16.4. The zero-order valence-electron chi connectivity index (χ0n) is 33.0. The van der Waals surface area contributed by atoms with Gasteiger partial charge in [-0.1, -0.05) is 72.6 Å². The molecule has 4 aliphatic rings. The van der Waals surface area contributed by atoms with Crippen LogP contribution >= 0.6 is 0 Å². The van der Waals surface area contributed by atoms with E-state index in [0.29, 0.717) is 32.4 Å². The summed E-state index contributed by atoms with van der Waals surface area (Å²) >= 11 is 0. The lowest BCUT2D eigenvalue weighted by molar-refractivity contribution is -0.143. The number of amides is 5. The minimum atomic E-state index is -3.99. The number of ether oxygens (including phenoxy) is 2. The molecule has 1 saturated heterocycles. The van der Waals surface area contributed by atoms with Crippen LogP contribution in [0.4, 0.5) is 9.59 Å². The van der Waals surface area contributed by atoms with Crippen LogP contribution in [0, 0.1) is 23.2 Å². The van der Waals surface area contributed by atoms with Gasteiger partial charge >= 0.3 is 12.2 Å². The highest BCUT2D eigenvalue weighted by Gasteiger charge is 2.50. The quantitative estimate of drug-likeness (QED) is 0.325. The Hall–Kier alpha value is -4.32. The summed E-state index contributed by atoms with van der Waals surface area (Å²) in [7, 11) is -3.99. The van der Waals surface area contributed by atoms with Crippen LogP contribution < -0.4 is 15.4 Å². The SMILES string of the molecule is C#CCC(CCC)(NC(=O)C1CC2CN1C(=O)C(C(C)(C)C)NC(=O)OCC(C)(C)CCCCc1cccc3c1CN(C3)C(=O)O2)C(=O)NS(=O)(=O)C1CC1. The molecule has 15 heteroatoms. The van der Waals surface area contributed by atoms with Crippen molar-refractivity contribution in [1.82, 2.24) is 25.2 Å². The molecule has 4 bridgehead atoms. The lowest BCUT2D eigenvalue weighted by atomic mass is 9.85. The summed E-state index contributed by atoms with van der Waals surface area (Å²) < 4.78 is 39.5. The molecule has 3 N–H and O–H groups in total. The summed E-state index contributed by atoms with van der Waals surface area (Å²) in [6.07, 6.45) is 7.61. The normalized spacial score (nSPS) is 24.7. The Morgan fingerprint density at radius 3 is 2.45 bits per heavy atom. The van der Waals surface area contributed by atoms with E-state index in [1.165, 1.54) is 4.90 Å². The molecule has 55 heavy (non-hydrogen) atoms. The second-order valence-corrected chi connectivity index (χ2v) is 19.4. The number of carbonyl (C=O) groups excluding carboxylic acids is 5. The fraction of sp³-hybridized carbons (Fsp3) is 0.675. The van der Waals surface area contributed by atoms with E-state index in [4.69, 9.17) is 15.9 Å². The molecule has 14 nitrogen and oxygen atoms in total. The minimum Gasteiger partial charge on any atom is -0.449 e. The highest BCUT2D eigenvalue weighted by atomic mass is 32.2. The van der Waals surface area contributed by atoms with Gasteiger partial charge in [0, 0.05) is 25.9 Å². The number of carbonyl (C=O) groups is 5. The molecule has 1 aromatic carbocycles. The van der Waals surface area contributed by atoms with Gasteiger partial charge in [0.25, 0.3) is 5.91 Å². The van der Waals surface area contributed by atoms with E-state index in [9.17, 15) is 32.4 Å². The summed E-state index contributed by atoms with van der Waals surface area (Å²) in [6, 6.07) is 3.63. The fourth-order valence-electron chi connectivity index (χ4n) is 7.73. The number of sulfonamides is 1. The largest absolute Gasteiger partial charge is 0.449 e. The van der Waals surface area contributed by atoms with Gasteiger partial charge in [-0.15, -0.1) is 12.3 Å². The van der Waals surface area contributed by atoms with Gasteiger partial charge in [-0.3, -0.25) is 24.0 Å². The number of fused-ring (bicyclic) bond motifs is 3. The maximum atomic E-state index is 14.6. The Bertz CT molecular complexity index is 1810. The first-order chi connectivity index (χ1) is 25.8. The number of hydrogen-bond acceptors (Lipinski definition) is 9. The van der Waals surface area contributed by atoms with E-state index >= 15 is 0 Å². The average molecular weight is 784 g/mol. The van der Waals surface area contributed by atoms with Crippen LogP contribution in [0.15, 0.2) is 18.2 Å². The van der Waals surface area contributed by atoms with Crippen LogP contribution in [-0.4, -0.2) is 90.3 Å². The van der Waals surface area contributed by atoms with Crippen LogP contribution in [0.3, 0.4) is 0 Å². The van der Waals surface area contributed by atoms with E-state index < -0.39 is 74.3 Å². The topological polar surface area (TPSA) is 181 Å². The molecule has 4 atom stereocenters. The van der Waals surface area contributed by atoms with Crippen molar-refractivity contribution >= 4 is 39.9 Å². The molecule has 3 aliphatic heterocycles.